The van der Waals surface area contributed by atoms with Gasteiger partial charge in [-0.3, -0.25) is 4.57 Å². The Bertz CT molecular complexity index is 1140. The van der Waals surface area contributed by atoms with Crippen molar-refractivity contribution in [2.24, 2.45) is 0 Å². The van der Waals surface area contributed by atoms with Gasteiger partial charge >= 0.3 is 6.09 Å². The van der Waals surface area contributed by atoms with Gasteiger partial charge in [-0.25, -0.2) is 4.79 Å². The Kier molecular flexibility index (Phi) is 7.05. The third kappa shape index (κ3) is 5.74. The van der Waals surface area contributed by atoms with E-state index in [0.29, 0.717) is 35.8 Å². The fraction of sp³-hybridized carbons (Fsp3) is 0.440. The average molecular weight is 490 g/mol. The lowest BCUT2D eigenvalue weighted by Gasteiger charge is -2.36. The molecule has 0 radical (unpaired) electrons. The van der Waals surface area contributed by atoms with Crippen LogP contribution < -0.4 is 4.74 Å². The predicted octanol–water partition coefficient (Wildman–Crippen LogP) is 6.56. The molecule has 1 aliphatic rings. The van der Waals surface area contributed by atoms with E-state index in [2.05, 4.69) is 0 Å². The average Bonchev–Trinajstić information content (AvgIpc) is 3.11. The number of fused-ring (bicyclic) bond motifs is 1. The highest BCUT2D eigenvalue weighted by Gasteiger charge is 2.31. The molecule has 0 spiro atoms. The minimum absolute atomic E-state index is 0.0631. The highest BCUT2D eigenvalue weighted by molar-refractivity contribution is 6.42. The van der Waals surface area contributed by atoms with Crippen molar-refractivity contribution in [3.05, 3.63) is 58.1 Å². The molecule has 2 aromatic carbocycles. The molecule has 0 aliphatic carbocycles. The van der Waals surface area contributed by atoms with Crippen LogP contribution in [0, 0.1) is 0 Å². The van der Waals surface area contributed by atoms with E-state index in [0.717, 1.165) is 35.9 Å². The van der Waals surface area contributed by atoms with Gasteiger partial charge in [-0.05, 0) is 69.9 Å². The number of ether oxygens (including phenoxy) is 2. The monoisotopic (exact) mass is 489 g/mol. The SMILES string of the molecule is CC(C)(C)OC(=O)N1CCCCC1COc1nc2ccccc2n1Cc1ccc(Cl)c(Cl)c1. The molecular weight excluding hydrogens is 461 g/mol. The van der Waals surface area contributed by atoms with Gasteiger partial charge in [0.05, 0.1) is 33.7 Å². The van der Waals surface area contributed by atoms with Gasteiger partial charge in [-0.15, -0.1) is 0 Å². The van der Waals surface area contributed by atoms with Gasteiger partial charge in [0.2, 0.25) is 0 Å². The fourth-order valence-electron chi connectivity index (χ4n) is 4.04. The molecule has 1 fully saturated rings. The molecule has 1 unspecified atom stereocenters. The number of hydrogen-bond acceptors (Lipinski definition) is 4. The highest BCUT2D eigenvalue weighted by atomic mass is 35.5. The number of carbonyl (C=O) groups excluding carboxylic acids is 1. The number of amides is 1. The van der Waals surface area contributed by atoms with Gasteiger partial charge in [-0.1, -0.05) is 41.4 Å². The van der Waals surface area contributed by atoms with E-state index in [4.69, 9.17) is 37.7 Å². The quantitative estimate of drug-likeness (QED) is 0.407. The standard InChI is InChI=1S/C25H29Cl2N3O3/c1-25(2,3)33-24(31)29-13-7-6-8-18(29)16-32-23-28-21-9-4-5-10-22(21)30(23)15-17-11-12-19(26)20(27)14-17/h4-5,9-12,14,18H,6-8,13,15-16H2,1-3H3. The van der Waals surface area contributed by atoms with Crippen LogP contribution in [0.2, 0.25) is 10.0 Å². The van der Waals surface area contributed by atoms with Crippen LogP contribution in [0.4, 0.5) is 4.79 Å². The van der Waals surface area contributed by atoms with Crippen LogP contribution >= 0.6 is 23.2 Å². The molecule has 33 heavy (non-hydrogen) atoms. The number of carbonyl (C=O) groups is 1. The first-order valence-corrected chi connectivity index (χ1v) is 12.0. The van der Waals surface area contributed by atoms with Gasteiger partial charge in [-0.2, -0.15) is 4.98 Å². The molecule has 3 aromatic rings. The summed E-state index contributed by atoms with van der Waals surface area (Å²) in [6.07, 6.45) is 2.59. The second kappa shape index (κ2) is 9.82. The summed E-state index contributed by atoms with van der Waals surface area (Å²) in [7, 11) is 0. The van der Waals surface area contributed by atoms with E-state index in [9.17, 15) is 4.79 Å². The predicted molar refractivity (Wildman–Crippen MR) is 131 cm³/mol. The highest BCUT2D eigenvalue weighted by Crippen LogP contribution is 2.28. The van der Waals surface area contributed by atoms with Crippen LogP contribution in [-0.2, 0) is 11.3 Å². The Hall–Kier alpha value is -2.44. The number of nitrogens with zero attached hydrogens (tertiary/aromatic N) is 3. The molecule has 2 heterocycles. The molecule has 1 aliphatic heterocycles. The first-order valence-electron chi connectivity index (χ1n) is 11.2. The molecule has 0 saturated carbocycles. The van der Waals surface area contributed by atoms with Crippen LogP contribution in [-0.4, -0.2) is 45.3 Å². The first-order chi connectivity index (χ1) is 15.7. The minimum atomic E-state index is -0.534. The third-order valence-electron chi connectivity index (χ3n) is 5.60. The van der Waals surface area contributed by atoms with E-state index >= 15 is 0 Å². The van der Waals surface area contributed by atoms with Crippen molar-refractivity contribution in [2.45, 2.75) is 58.2 Å². The van der Waals surface area contributed by atoms with Gasteiger partial charge in [0, 0.05) is 6.54 Å². The second-order valence-corrected chi connectivity index (χ2v) is 10.2. The van der Waals surface area contributed by atoms with Gasteiger partial charge < -0.3 is 14.4 Å². The molecule has 1 saturated heterocycles. The van der Waals surface area contributed by atoms with Crippen LogP contribution in [0.5, 0.6) is 6.01 Å². The van der Waals surface area contributed by atoms with E-state index in [1.165, 1.54) is 0 Å². The lowest BCUT2D eigenvalue weighted by molar-refractivity contribution is 0.00290. The third-order valence-corrected chi connectivity index (χ3v) is 6.34. The van der Waals surface area contributed by atoms with Crippen LogP contribution in [0.1, 0.15) is 45.6 Å². The summed E-state index contributed by atoms with van der Waals surface area (Å²) in [4.78, 5) is 19.2. The Morgan fingerprint density at radius 2 is 1.91 bits per heavy atom. The molecule has 176 valence electrons. The summed E-state index contributed by atoms with van der Waals surface area (Å²) < 4.78 is 13.9. The Balaban J connectivity index is 1.56. The maximum absolute atomic E-state index is 12.7. The number of likely N-dealkylation sites (tertiary alicyclic amines) is 1. The maximum Gasteiger partial charge on any atom is 0.410 e. The zero-order chi connectivity index (χ0) is 23.6. The van der Waals surface area contributed by atoms with Crippen molar-refractivity contribution in [3.8, 4) is 6.01 Å². The Morgan fingerprint density at radius 3 is 2.67 bits per heavy atom. The van der Waals surface area contributed by atoms with Crippen molar-refractivity contribution in [2.75, 3.05) is 13.2 Å². The molecular formula is C25H29Cl2N3O3. The van der Waals surface area contributed by atoms with Gasteiger partial charge in [0.1, 0.15) is 12.2 Å². The van der Waals surface area contributed by atoms with Gasteiger partial charge in [0.15, 0.2) is 0 Å². The molecule has 4 rings (SSSR count). The summed E-state index contributed by atoms with van der Waals surface area (Å²) >= 11 is 12.3. The summed E-state index contributed by atoms with van der Waals surface area (Å²) in [5.74, 6) is 0. The molecule has 1 atom stereocenters. The number of rotatable bonds is 5. The zero-order valence-electron chi connectivity index (χ0n) is 19.2. The number of para-hydroxylation sites is 2. The van der Waals surface area contributed by atoms with Crippen molar-refractivity contribution in [1.82, 2.24) is 14.5 Å². The Morgan fingerprint density at radius 1 is 1.12 bits per heavy atom. The number of benzene rings is 2. The lowest BCUT2D eigenvalue weighted by Crippen LogP contribution is -2.48. The van der Waals surface area contributed by atoms with Crippen molar-refractivity contribution in [3.63, 3.8) is 0 Å². The molecule has 1 aromatic heterocycles. The summed E-state index contributed by atoms with van der Waals surface area (Å²) in [5.41, 5.74) is 2.27. The number of aromatic nitrogens is 2. The number of halogens is 2. The molecule has 8 heteroatoms. The fourth-order valence-corrected chi connectivity index (χ4v) is 4.36. The van der Waals surface area contributed by atoms with Gasteiger partial charge in [0.25, 0.3) is 6.01 Å². The summed E-state index contributed by atoms with van der Waals surface area (Å²) in [6.45, 7) is 7.20. The van der Waals surface area contributed by atoms with E-state index in [1.807, 2.05) is 61.7 Å². The molecule has 0 bridgehead atoms. The normalized spacial score (nSPS) is 16.8. The lowest BCUT2D eigenvalue weighted by atomic mass is 10.0. The molecule has 6 nitrogen and oxygen atoms in total. The van der Waals surface area contributed by atoms with Crippen molar-refractivity contribution in [1.29, 1.82) is 0 Å². The van der Waals surface area contributed by atoms with E-state index < -0.39 is 5.60 Å². The topological polar surface area (TPSA) is 56.6 Å². The smallest absolute Gasteiger partial charge is 0.410 e. The number of imidazole rings is 1. The summed E-state index contributed by atoms with van der Waals surface area (Å²) in [5, 5.41) is 1.03. The number of piperidine rings is 1. The number of hydrogen-bond donors (Lipinski definition) is 0. The van der Waals surface area contributed by atoms with E-state index in [1.54, 1.807) is 11.0 Å². The maximum atomic E-state index is 12.7. The van der Waals surface area contributed by atoms with Crippen LogP contribution in [0.3, 0.4) is 0 Å². The first kappa shape index (κ1) is 23.7. The van der Waals surface area contributed by atoms with Crippen LogP contribution in [0.15, 0.2) is 42.5 Å². The molecule has 0 N–H and O–H groups in total. The minimum Gasteiger partial charge on any atom is -0.462 e. The summed E-state index contributed by atoms with van der Waals surface area (Å²) in [6, 6.07) is 13.9. The van der Waals surface area contributed by atoms with Crippen molar-refractivity contribution < 1.29 is 14.3 Å². The van der Waals surface area contributed by atoms with Crippen molar-refractivity contribution >= 4 is 40.3 Å². The zero-order valence-corrected chi connectivity index (χ0v) is 20.7. The second-order valence-electron chi connectivity index (χ2n) is 9.35. The molecule has 1 amide bonds. The van der Waals surface area contributed by atoms with Crippen LogP contribution in [0.25, 0.3) is 11.0 Å². The largest absolute Gasteiger partial charge is 0.462 e. The Labute approximate surface area is 204 Å². The van der Waals surface area contributed by atoms with E-state index in [-0.39, 0.29) is 12.1 Å².